The van der Waals surface area contributed by atoms with Crippen LogP contribution < -0.4 is 5.32 Å². The number of aromatic nitrogens is 2. The highest BCUT2D eigenvalue weighted by Crippen LogP contribution is 2.68. The lowest BCUT2D eigenvalue weighted by Gasteiger charge is -2.10. The van der Waals surface area contributed by atoms with Gasteiger partial charge in [-0.25, -0.2) is 0 Å². The van der Waals surface area contributed by atoms with Crippen molar-refractivity contribution in [3.63, 3.8) is 0 Å². The van der Waals surface area contributed by atoms with Crippen molar-refractivity contribution in [3.05, 3.63) is 29.0 Å². The van der Waals surface area contributed by atoms with Crippen molar-refractivity contribution in [3.8, 4) is 0 Å². The molecule has 2 aromatic heterocycles. The first kappa shape index (κ1) is 13.8. The van der Waals surface area contributed by atoms with Gasteiger partial charge in [0.15, 0.2) is 0 Å². The summed E-state index contributed by atoms with van der Waals surface area (Å²) in [6, 6.07) is 4.00. The van der Waals surface area contributed by atoms with Gasteiger partial charge in [0.1, 0.15) is 5.52 Å². The molecule has 0 spiro atoms. The molecule has 1 saturated carbocycles. The van der Waals surface area contributed by atoms with Gasteiger partial charge in [-0.15, -0.1) is 0 Å². The SMILES string of the molecule is CC1(C)C(CNc2ccnc3cc(Br)cnc23)C1(C)C. The zero-order valence-electron chi connectivity index (χ0n) is 12.4. The second kappa shape index (κ2) is 4.42. The molecule has 0 atom stereocenters. The molecular weight excluding hydrogens is 314 g/mol. The first-order valence-electron chi connectivity index (χ1n) is 6.98. The highest BCUT2D eigenvalue weighted by Gasteiger charge is 2.64. The van der Waals surface area contributed by atoms with E-state index in [0.29, 0.717) is 16.7 Å². The number of nitrogens with zero attached hydrogens (tertiary/aromatic N) is 2. The molecule has 0 amide bonds. The normalized spacial score (nSPS) is 20.1. The third-order valence-corrected chi connectivity index (χ3v) is 5.79. The fourth-order valence-electron chi connectivity index (χ4n) is 3.20. The molecule has 2 aromatic rings. The van der Waals surface area contributed by atoms with Crippen molar-refractivity contribution in [2.45, 2.75) is 27.7 Å². The molecule has 3 rings (SSSR count). The predicted octanol–water partition coefficient (Wildman–Crippen LogP) is 4.49. The molecule has 1 N–H and O–H groups in total. The van der Waals surface area contributed by atoms with Crippen LogP contribution in [0.25, 0.3) is 11.0 Å². The predicted molar refractivity (Wildman–Crippen MR) is 86.8 cm³/mol. The van der Waals surface area contributed by atoms with Crippen LogP contribution in [0, 0.1) is 16.7 Å². The summed E-state index contributed by atoms with van der Waals surface area (Å²) in [7, 11) is 0. The van der Waals surface area contributed by atoms with Crippen molar-refractivity contribution >= 4 is 32.7 Å². The van der Waals surface area contributed by atoms with E-state index in [0.717, 1.165) is 27.7 Å². The van der Waals surface area contributed by atoms with Gasteiger partial charge in [-0.05, 0) is 44.8 Å². The summed E-state index contributed by atoms with van der Waals surface area (Å²) in [6.07, 6.45) is 3.65. The van der Waals surface area contributed by atoms with E-state index in [-0.39, 0.29) is 0 Å². The Bertz CT molecular complexity index is 650. The first-order chi connectivity index (χ1) is 9.34. The fraction of sp³-hybridized carbons (Fsp3) is 0.500. The Morgan fingerprint density at radius 1 is 1.20 bits per heavy atom. The Morgan fingerprint density at radius 3 is 2.55 bits per heavy atom. The summed E-state index contributed by atoms with van der Waals surface area (Å²) in [6.45, 7) is 10.4. The fourth-order valence-corrected chi connectivity index (χ4v) is 3.52. The van der Waals surface area contributed by atoms with E-state index in [9.17, 15) is 0 Å². The van der Waals surface area contributed by atoms with E-state index < -0.39 is 0 Å². The van der Waals surface area contributed by atoms with Gasteiger partial charge < -0.3 is 5.32 Å². The smallest absolute Gasteiger partial charge is 0.112 e. The lowest BCUT2D eigenvalue weighted by atomic mass is 10.0. The number of hydrogen-bond acceptors (Lipinski definition) is 3. The summed E-state index contributed by atoms with van der Waals surface area (Å²) in [5, 5.41) is 3.56. The largest absolute Gasteiger partial charge is 0.383 e. The maximum Gasteiger partial charge on any atom is 0.112 e. The minimum absolute atomic E-state index is 0.402. The lowest BCUT2D eigenvalue weighted by molar-refractivity contribution is 0.457. The molecular formula is C16H20BrN3. The van der Waals surface area contributed by atoms with Crippen LogP contribution in [0.4, 0.5) is 5.69 Å². The highest BCUT2D eigenvalue weighted by atomic mass is 79.9. The van der Waals surface area contributed by atoms with E-state index >= 15 is 0 Å². The summed E-state index contributed by atoms with van der Waals surface area (Å²) < 4.78 is 0.958. The molecule has 0 aromatic carbocycles. The van der Waals surface area contributed by atoms with Gasteiger partial charge in [-0.2, -0.15) is 0 Å². The monoisotopic (exact) mass is 333 g/mol. The number of halogens is 1. The van der Waals surface area contributed by atoms with Crippen LogP contribution >= 0.6 is 15.9 Å². The Kier molecular flexibility index (Phi) is 3.05. The van der Waals surface area contributed by atoms with Crippen LogP contribution in [0.2, 0.25) is 0 Å². The minimum atomic E-state index is 0.402. The molecule has 0 aliphatic heterocycles. The Morgan fingerprint density at radius 2 is 1.90 bits per heavy atom. The van der Waals surface area contributed by atoms with Gasteiger partial charge in [0, 0.05) is 23.4 Å². The molecule has 1 fully saturated rings. The van der Waals surface area contributed by atoms with Crippen molar-refractivity contribution < 1.29 is 0 Å². The topological polar surface area (TPSA) is 37.8 Å². The van der Waals surface area contributed by atoms with Crippen molar-refractivity contribution in [2.24, 2.45) is 16.7 Å². The minimum Gasteiger partial charge on any atom is -0.383 e. The summed E-state index contributed by atoms with van der Waals surface area (Å²) in [5.74, 6) is 0.689. The van der Waals surface area contributed by atoms with Gasteiger partial charge in [0.05, 0.1) is 11.2 Å². The Hall–Kier alpha value is -1.16. The van der Waals surface area contributed by atoms with Crippen LogP contribution in [0.1, 0.15) is 27.7 Å². The van der Waals surface area contributed by atoms with Gasteiger partial charge >= 0.3 is 0 Å². The third-order valence-electron chi connectivity index (χ3n) is 5.36. The van der Waals surface area contributed by atoms with Gasteiger partial charge in [0.2, 0.25) is 0 Å². The second-order valence-electron chi connectivity index (χ2n) is 6.76. The molecule has 1 aliphatic rings. The van der Waals surface area contributed by atoms with Crippen LogP contribution in [0.15, 0.2) is 29.0 Å². The molecule has 106 valence electrons. The summed E-state index contributed by atoms with van der Waals surface area (Å²) >= 11 is 3.44. The van der Waals surface area contributed by atoms with Crippen molar-refractivity contribution in [1.82, 2.24) is 9.97 Å². The average Bonchev–Trinajstić information content (AvgIpc) is 2.76. The second-order valence-corrected chi connectivity index (χ2v) is 7.67. The molecule has 3 nitrogen and oxygen atoms in total. The first-order valence-corrected chi connectivity index (χ1v) is 7.77. The maximum atomic E-state index is 4.48. The number of rotatable bonds is 3. The van der Waals surface area contributed by atoms with Crippen molar-refractivity contribution in [2.75, 3.05) is 11.9 Å². The van der Waals surface area contributed by atoms with Crippen LogP contribution in [-0.2, 0) is 0 Å². The molecule has 0 saturated heterocycles. The van der Waals surface area contributed by atoms with E-state index in [1.165, 1.54) is 0 Å². The summed E-state index contributed by atoms with van der Waals surface area (Å²) in [4.78, 5) is 8.85. The molecule has 1 aliphatic carbocycles. The molecule has 20 heavy (non-hydrogen) atoms. The van der Waals surface area contributed by atoms with Gasteiger partial charge in [-0.1, -0.05) is 27.7 Å². The summed E-state index contributed by atoms with van der Waals surface area (Å²) in [5.41, 5.74) is 3.73. The molecule has 0 bridgehead atoms. The number of anilines is 1. The molecule has 4 heteroatoms. The standard InChI is InChI=1S/C16H20BrN3/c1-15(2)13(16(15,3)4)9-19-11-5-6-18-12-7-10(17)8-20-14(11)12/h5-8,13H,9H2,1-4H3,(H,18,19). The molecule has 0 unspecified atom stereocenters. The molecule has 2 heterocycles. The number of hydrogen-bond donors (Lipinski definition) is 1. The van der Waals surface area contributed by atoms with Gasteiger partial charge in [-0.3, -0.25) is 9.97 Å². The van der Waals surface area contributed by atoms with Crippen LogP contribution in [0.3, 0.4) is 0 Å². The number of pyridine rings is 2. The number of fused-ring (bicyclic) bond motifs is 1. The third kappa shape index (κ3) is 2.01. The zero-order valence-corrected chi connectivity index (χ0v) is 14.0. The average molecular weight is 334 g/mol. The van der Waals surface area contributed by atoms with Crippen LogP contribution in [-0.4, -0.2) is 16.5 Å². The highest BCUT2D eigenvalue weighted by molar-refractivity contribution is 9.10. The zero-order chi connectivity index (χ0) is 14.5. The van der Waals surface area contributed by atoms with E-state index in [1.54, 1.807) is 0 Å². The lowest BCUT2D eigenvalue weighted by Crippen LogP contribution is -2.08. The van der Waals surface area contributed by atoms with Gasteiger partial charge in [0.25, 0.3) is 0 Å². The molecule has 0 radical (unpaired) electrons. The van der Waals surface area contributed by atoms with E-state index in [4.69, 9.17) is 0 Å². The van der Waals surface area contributed by atoms with E-state index in [2.05, 4.69) is 58.9 Å². The number of nitrogens with one attached hydrogen (secondary N) is 1. The van der Waals surface area contributed by atoms with Crippen LogP contribution in [0.5, 0.6) is 0 Å². The Labute approximate surface area is 128 Å². The van der Waals surface area contributed by atoms with Crippen molar-refractivity contribution in [1.29, 1.82) is 0 Å². The quantitative estimate of drug-likeness (QED) is 0.899. The maximum absolute atomic E-state index is 4.48. The van der Waals surface area contributed by atoms with E-state index in [1.807, 2.05) is 24.5 Å². The Balaban J connectivity index is 1.83.